The molecule has 6 nitrogen and oxygen atoms in total. The molecule has 0 radical (unpaired) electrons. The number of hydrogen-bond acceptors (Lipinski definition) is 5. The van der Waals surface area contributed by atoms with E-state index in [1.165, 1.54) is 12.1 Å². The zero-order valence-corrected chi connectivity index (χ0v) is 23.2. The lowest BCUT2D eigenvalue weighted by atomic mass is 9.89. The fraction of sp³-hybridized carbons (Fsp3) is 0.194. The van der Waals surface area contributed by atoms with Crippen LogP contribution in [0.1, 0.15) is 22.3 Å². The van der Waals surface area contributed by atoms with Crippen molar-refractivity contribution >= 4 is 32.8 Å². The van der Waals surface area contributed by atoms with E-state index in [-0.39, 0.29) is 4.90 Å². The largest absolute Gasteiger partial charge is 0.744 e. The number of allylic oxidation sites excluding steroid dienone is 5. The van der Waals surface area contributed by atoms with Crippen molar-refractivity contribution in [3.63, 3.8) is 0 Å². The number of aryl methyl sites for hydroxylation is 1. The van der Waals surface area contributed by atoms with Crippen molar-refractivity contribution in [2.45, 2.75) is 18.4 Å². The highest BCUT2D eigenvalue weighted by Crippen LogP contribution is 2.33. The summed E-state index contributed by atoms with van der Waals surface area (Å²) in [6.07, 6.45) is 8.57. The van der Waals surface area contributed by atoms with Gasteiger partial charge in [0.25, 0.3) is 0 Å². The Kier molecular flexibility index (Phi) is 7.99. The molecule has 0 fully saturated rings. The van der Waals surface area contributed by atoms with E-state index in [9.17, 15) is 13.0 Å². The summed E-state index contributed by atoms with van der Waals surface area (Å²) in [5.74, 6) is 0. The summed E-state index contributed by atoms with van der Waals surface area (Å²) in [5.41, 5.74) is 9.50. The monoisotopic (exact) mass is 527 g/mol. The molecule has 1 aliphatic carbocycles. The van der Waals surface area contributed by atoms with Gasteiger partial charge in [0.05, 0.1) is 4.90 Å². The fourth-order valence-electron chi connectivity index (χ4n) is 4.38. The minimum atomic E-state index is -4.49. The summed E-state index contributed by atoms with van der Waals surface area (Å²) in [4.78, 5) is 1.87. The molecule has 7 heteroatoms. The summed E-state index contributed by atoms with van der Waals surface area (Å²) in [7, 11) is 3.64. The van der Waals surface area contributed by atoms with E-state index < -0.39 is 10.1 Å². The first-order valence-electron chi connectivity index (χ1n) is 12.3. The van der Waals surface area contributed by atoms with Crippen LogP contribution in [-0.4, -0.2) is 51.4 Å². The second-order valence-corrected chi connectivity index (χ2v) is 11.1. The minimum absolute atomic E-state index is 0.219. The van der Waals surface area contributed by atoms with Crippen molar-refractivity contribution in [2.75, 3.05) is 38.4 Å². The van der Waals surface area contributed by atoms with Gasteiger partial charge in [0, 0.05) is 44.2 Å². The van der Waals surface area contributed by atoms with Gasteiger partial charge >= 0.3 is 0 Å². The van der Waals surface area contributed by atoms with Gasteiger partial charge in [-0.1, -0.05) is 30.3 Å². The van der Waals surface area contributed by atoms with Gasteiger partial charge in [-0.05, 0) is 88.9 Å². The van der Waals surface area contributed by atoms with Crippen LogP contribution in [0.5, 0.6) is 0 Å². The highest BCUT2D eigenvalue weighted by Gasteiger charge is 2.14. The first kappa shape index (κ1) is 27.1. The highest BCUT2D eigenvalue weighted by atomic mass is 32.2. The normalized spacial score (nSPS) is 13.0. The third kappa shape index (κ3) is 6.30. The molecule has 3 aromatic carbocycles. The van der Waals surface area contributed by atoms with Crippen LogP contribution in [0.2, 0.25) is 0 Å². The van der Waals surface area contributed by atoms with Gasteiger partial charge in [-0.15, -0.1) is 0 Å². The number of anilines is 2. The molecule has 0 unspecified atom stereocenters. The maximum Gasteiger partial charge on any atom is 0.199 e. The van der Waals surface area contributed by atoms with Crippen LogP contribution < -0.4 is 10.2 Å². The van der Waals surface area contributed by atoms with Gasteiger partial charge in [0.2, 0.25) is 0 Å². The zero-order chi connectivity index (χ0) is 27.4. The zero-order valence-electron chi connectivity index (χ0n) is 22.4. The predicted octanol–water partition coefficient (Wildman–Crippen LogP) is 5.22. The Balaban J connectivity index is 1.68. The molecular weight excluding hydrogens is 494 g/mol. The minimum Gasteiger partial charge on any atom is -0.744 e. The second kappa shape index (κ2) is 11.2. The molecule has 3 aromatic rings. The van der Waals surface area contributed by atoms with E-state index in [1.807, 2.05) is 41.2 Å². The number of nitrogens with zero attached hydrogens (tertiary/aromatic N) is 2. The van der Waals surface area contributed by atoms with Gasteiger partial charge < -0.3 is 14.8 Å². The summed E-state index contributed by atoms with van der Waals surface area (Å²) < 4.78 is 36.2. The number of rotatable bonds is 7. The third-order valence-corrected chi connectivity index (χ3v) is 7.36. The van der Waals surface area contributed by atoms with Crippen LogP contribution >= 0.6 is 0 Å². The Labute approximate surface area is 225 Å². The lowest BCUT2D eigenvalue weighted by molar-refractivity contribution is -0.462. The maximum absolute atomic E-state index is 11.4. The molecule has 0 saturated heterocycles. The van der Waals surface area contributed by atoms with Crippen LogP contribution in [0.25, 0.3) is 5.57 Å². The smallest absolute Gasteiger partial charge is 0.199 e. The topological polar surface area (TPSA) is 75.5 Å². The van der Waals surface area contributed by atoms with Crippen molar-refractivity contribution < 1.29 is 17.5 Å². The second-order valence-electron chi connectivity index (χ2n) is 9.74. The van der Waals surface area contributed by atoms with E-state index in [0.29, 0.717) is 6.54 Å². The SMILES string of the molecule is Cc1cc(C(=C2C=CC(=[N+](C)C)C=C2)c2ccc(N(C)C)cc2)ccc1NCc1cccc(S(=O)(=O)[O-])c1. The average Bonchev–Trinajstić information content (AvgIpc) is 2.88. The average molecular weight is 528 g/mol. The fourth-order valence-corrected chi connectivity index (χ4v) is 4.92. The molecule has 0 spiro atoms. The van der Waals surface area contributed by atoms with Gasteiger partial charge in [0.15, 0.2) is 5.71 Å². The van der Waals surface area contributed by atoms with E-state index in [0.717, 1.165) is 50.5 Å². The molecule has 0 saturated carbocycles. The van der Waals surface area contributed by atoms with Crippen molar-refractivity contribution in [1.82, 2.24) is 0 Å². The lowest BCUT2D eigenvalue weighted by Gasteiger charge is -2.18. The molecule has 1 aliphatic rings. The van der Waals surface area contributed by atoms with Gasteiger partial charge in [-0.25, -0.2) is 13.0 Å². The lowest BCUT2D eigenvalue weighted by Crippen LogP contribution is -2.10. The van der Waals surface area contributed by atoms with Crippen LogP contribution in [-0.2, 0) is 16.7 Å². The summed E-state index contributed by atoms with van der Waals surface area (Å²) in [6, 6.07) is 21.0. The van der Waals surface area contributed by atoms with Crippen LogP contribution in [0.15, 0.2) is 102 Å². The molecule has 0 aliphatic heterocycles. The van der Waals surface area contributed by atoms with Gasteiger partial charge in [-0.3, -0.25) is 0 Å². The molecule has 0 heterocycles. The van der Waals surface area contributed by atoms with Gasteiger partial charge in [0.1, 0.15) is 24.2 Å². The Morgan fingerprint density at radius 1 is 0.895 bits per heavy atom. The number of hydrogen-bond donors (Lipinski definition) is 1. The molecule has 0 bridgehead atoms. The Morgan fingerprint density at radius 2 is 1.55 bits per heavy atom. The Hall–Kier alpha value is -3.94. The molecule has 0 amide bonds. The van der Waals surface area contributed by atoms with Crippen molar-refractivity contribution in [3.05, 3.63) is 119 Å². The van der Waals surface area contributed by atoms with E-state index in [2.05, 4.69) is 75.5 Å². The maximum atomic E-state index is 11.4. The summed E-state index contributed by atoms with van der Waals surface area (Å²) >= 11 is 0. The number of benzene rings is 3. The van der Waals surface area contributed by atoms with Crippen molar-refractivity contribution in [3.8, 4) is 0 Å². The molecule has 196 valence electrons. The van der Waals surface area contributed by atoms with Crippen LogP contribution in [0, 0.1) is 6.92 Å². The Bertz CT molecular complexity index is 1560. The summed E-state index contributed by atoms with van der Waals surface area (Å²) in [6.45, 7) is 2.45. The van der Waals surface area contributed by atoms with Crippen molar-refractivity contribution in [1.29, 1.82) is 0 Å². The quantitative estimate of drug-likeness (QED) is 0.337. The van der Waals surface area contributed by atoms with Crippen molar-refractivity contribution in [2.24, 2.45) is 0 Å². The first-order valence-corrected chi connectivity index (χ1v) is 13.8. The van der Waals surface area contributed by atoms with Crippen LogP contribution in [0.4, 0.5) is 11.4 Å². The molecular formula is C31H33N3O3S. The molecule has 0 aromatic heterocycles. The number of nitrogens with one attached hydrogen (secondary N) is 1. The van der Waals surface area contributed by atoms with Crippen LogP contribution in [0.3, 0.4) is 0 Å². The Morgan fingerprint density at radius 3 is 2.13 bits per heavy atom. The van der Waals surface area contributed by atoms with E-state index in [4.69, 9.17) is 0 Å². The molecule has 38 heavy (non-hydrogen) atoms. The molecule has 4 rings (SSSR count). The molecule has 0 atom stereocenters. The summed E-state index contributed by atoms with van der Waals surface area (Å²) in [5, 5.41) is 3.38. The predicted molar refractivity (Wildman–Crippen MR) is 155 cm³/mol. The third-order valence-electron chi connectivity index (χ3n) is 6.53. The first-order chi connectivity index (χ1) is 18.0. The van der Waals surface area contributed by atoms with E-state index >= 15 is 0 Å². The standard InChI is InChI=1S/C31H33N3O3S/c1-22-19-26(13-18-30(22)32-21-23-7-6-8-29(20-23)38(35,36)37)31(24-9-14-27(15-10-24)33(2)3)25-11-16-28(17-12-25)34(4)5/h6-20H,21H2,1-5H3,(H,35,36,37). The molecule has 1 N–H and O–H groups in total. The highest BCUT2D eigenvalue weighted by molar-refractivity contribution is 7.85. The van der Waals surface area contributed by atoms with E-state index in [1.54, 1.807) is 12.1 Å². The van der Waals surface area contributed by atoms with Gasteiger partial charge in [-0.2, -0.15) is 0 Å².